The molecule has 2 heterocycles. The van der Waals surface area contributed by atoms with Gasteiger partial charge in [-0.1, -0.05) is 32.9 Å². The summed E-state index contributed by atoms with van der Waals surface area (Å²) in [6.07, 6.45) is 1.80. The second-order valence-electron chi connectivity index (χ2n) is 7.73. The van der Waals surface area contributed by atoms with Crippen molar-refractivity contribution in [1.82, 2.24) is 15.2 Å². The van der Waals surface area contributed by atoms with E-state index in [2.05, 4.69) is 45.9 Å². The van der Waals surface area contributed by atoms with Gasteiger partial charge in [0, 0.05) is 38.6 Å². The number of nitrogens with zero attached hydrogens (tertiary/aromatic N) is 4. The number of aliphatic imine (C=N–C) groups is 1. The smallest absolute Gasteiger partial charge is 0.213 e. The van der Waals surface area contributed by atoms with E-state index in [1.807, 2.05) is 18.2 Å². The molecule has 1 fully saturated rings. The number of phenols is 1. The van der Waals surface area contributed by atoms with Crippen molar-refractivity contribution in [2.24, 2.45) is 4.99 Å². The van der Waals surface area contributed by atoms with E-state index in [1.54, 1.807) is 19.3 Å². The molecule has 7 nitrogen and oxygen atoms in total. The van der Waals surface area contributed by atoms with Crippen molar-refractivity contribution in [2.45, 2.75) is 32.7 Å². The standard InChI is InChI=1S/C20H29N5O2/c1-20(2,3)17-13-22-18(27-17)14-23-19(21-4)25-11-9-24(10-12-25)15-7-5-6-8-16(15)26/h5-8,13,26H,9-12,14H2,1-4H3,(H,21,23). The van der Waals surface area contributed by atoms with Crippen LogP contribution >= 0.6 is 0 Å². The SMILES string of the molecule is CN=C(NCc1ncc(C(C)(C)C)o1)N1CCN(c2ccccc2O)CC1. The minimum atomic E-state index is -0.0494. The van der Waals surface area contributed by atoms with Gasteiger partial charge in [-0.05, 0) is 12.1 Å². The molecule has 2 aromatic rings. The molecule has 0 amide bonds. The minimum Gasteiger partial charge on any atom is -0.506 e. The average Bonchev–Trinajstić information content (AvgIpc) is 3.13. The maximum atomic E-state index is 10.0. The largest absolute Gasteiger partial charge is 0.506 e. The first-order valence-electron chi connectivity index (χ1n) is 9.32. The molecule has 0 aliphatic carbocycles. The first-order chi connectivity index (χ1) is 12.9. The number of aromatic nitrogens is 1. The summed E-state index contributed by atoms with van der Waals surface area (Å²) in [7, 11) is 1.79. The quantitative estimate of drug-likeness (QED) is 0.638. The fourth-order valence-electron chi connectivity index (χ4n) is 3.12. The van der Waals surface area contributed by atoms with Crippen molar-refractivity contribution in [2.75, 3.05) is 38.1 Å². The summed E-state index contributed by atoms with van der Waals surface area (Å²) in [4.78, 5) is 13.2. The summed E-state index contributed by atoms with van der Waals surface area (Å²) >= 11 is 0. The van der Waals surface area contributed by atoms with Crippen molar-refractivity contribution in [3.63, 3.8) is 0 Å². The van der Waals surface area contributed by atoms with E-state index in [4.69, 9.17) is 4.42 Å². The summed E-state index contributed by atoms with van der Waals surface area (Å²) < 4.78 is 5.84. The number of hydrogen-bond acceptors (Lipinski definition) is 5. The summed E-state index contributed by atoms with van der Waals surface area (Å²) in [6, 6.07) is 7.47. The van der Waals surface area contributed by atoms with Crippen LogP contribution in [0.3, 0.4) is 0 Å². The Morgan fingerprint density at radius 1 is 1.22 bits per heavy atom. The minimum absolute atomic E-state index is 0.0494. The maximum Gasteiger partial charge on any atom is 0.213 e. The van der Waals surface area contributed by atoms with Gasteiger partial charge in [-0.2, -0.15) is 0 Å². The van der Waals surface area contributed by atoms with Crippen LogP contribution in [0, 0.1) is 0 Å². The summed E-state index contributed by atoms with van der Waals surface area (Å²) in [5.41, 5.74) is 0.835. The Balaban J connectivity index is 1.55. The molecule has 7 heteroatoms. The number of piperazine rings is 1. The molecule has 1 aliphatic heterocycles. The van der Waals surface area contributed by atoms with Crippen LogP contribution in [0.2, 0.25) is 0 Å². The number of oxazole rings is 1. The first-order valence-corrected chi connectivity index (χ1v) is 9.32. The Hall–Kier alpha value is -2.70. The third kappa shape index (κ3) is 4.53. The van der Waals surface area contributed by atoms with Crippen LogP contribution in [0.15, 0.2) is 39.9 Å². The van der Waals surface area contributed by atoms with Crippen LogP contribution in [-0.4, -0.2) is 54.2 Å². The number of aromatic hydroxyl groups is 1. The lowest BCUT2D eigenvalue weighted by molar-refractivity contribution is 0.358. The number of hydrogen-bond donors (Lipinski definition) is 2. The zero-order valence-electron chi connectivity index (χ0n) is 16.6. The molecule has 1 aliphatic rings. The molecular formula is C20H29N5O2. The van der Waals surface area contributed by atoms with Crippen LogP contribution in [0.5, 0.6) is 5.75 Å². The van der Waals surface area contributed by atoms with Gasteiger partial charge in [0.15, 0.2) is 5.96 Å². The highest BCUT2D eigenvalue weighted by atomic mass is 16.4. The second-order valence-corrected chi connectivity index (χ2v) is 7.73. The van der Waals surface area contributed by atoms with E-state index in [0.717, 1.165) is 43.6 Å². The molecule has 0 spiro atoms. The Labute approximate surface area is 160 Å². The molecule has 1 aromatic heterocycles. The van der Waals surface area contributed by atoms with Gasteiger partial charge in [0.25, 0.3) is 0 Å². The molecule has 146 valence electrons. The molecule has 0 radical (unpaired) electrons. The average molecular weight is 371 g/mol. The van der Waals surface area contributed by atoms with Crippen molar-refractivity contribution in [1.29, 1.82) is 0 Å². The third-order valence-corrected chi connectivity index (χ3v) is 4.70. The number of phenolic OH excluding ortho intramolecular Hbond substituents is 1. The van der Waals surface area contributed by atoms with E-state index in [1.165, 1.54) is 0 Å². The van der Waals surface area contributed by atoms with Gasteiger partial charge >= 0.3 is 0 Å². The van der Waals surface area contributed by atoms with Gasteiger partial charge < -0.3 is 24.6 Å². The molecule has 0 saturated carbocycles. The van der Waals surface area contributed by atoms with Gasteiger partial charge in [-0.15, -0.1) is 0 Å². The molecule has 2 N–H and O–H groups in total. The number of benzene rings is 1. The van der Waals surface area contributed by atoms with Crippen LogP contribution in [0.25, 0.3) is 0 Å². The van der Waals surface area contributed by atoms with Crippen molar-refractivity contribution in [3.8, 4) is 5.75 Å². The van der Waals surface area contributed by atoms with E-state index in [-0.39, 0.29) is 5.41 Å². The molecule has 27 heavy (non-hydrogen) atoms. The molecular weight excluding hydrogens is 342 g/mol. The third-order valence-electron chi connectivity index (χ3n) is 4.70. The van der Waals surface area contributed by atoms with Gasteiger partial charge in [0.2, 0.25) is 5.89 Å². The second kappa shape index (κ2) is 7.90. The van der Waals surface area contributed by atoms with Crippen molar-refractivity contribution in [3.05, 3.63) is 42.1 Å². The lowest BCUT2D eigenvalue weighted by Crippen LogP contribution is -2.52. The Bertz CT molecular complexity index is 786. The molecule has 1 saturated heterocycles. The Morgan fingerprint density at radius 2 is 1.93 bits per heavy atom. The topological polar surface area (TPSA) is 77.1 Å². The fourth-order valence-corrected chi connectivity index (χ4v) is 3.12. The lowest BCUT2D eigenvalue weighted by atomic mass is 9.94. The molecule has 3 rings (SSSR count). The molecule has 0 bridgehead atoms. The van der Waals surface area contributed by atoms with Gasteiger partial charge in [-0.3, -0.25) is 4.99 Å². The van der Waals surface area contributed by atoms with Crippen molar-refractivity contribution >= 4 is 11.6 Å². The molecule has 1 aromatic carbocycles. The van der Waals surface area contributed by atoms with Crippen LogP contribution in [0.1, 0.15) is 32.4 Å². The van der Waals surface area contributed by atoms with Crippen LogP contribution in [0.4, 0.5) is 5.69 Å². The Kier molecular flexibility index (Phi) is 5.58. The van der Waals surface area contributed by atoms with Crippen LogP contribution < -0.4 is 10.2 Å². The lowest BCUT2D eigenvalue weighted by Gasteiger charge is -2.37. The van der Waals surface area contributed by atoms with Crippen LogP contribution in [-0.2, 0) is 12.0 Å². The summed E-state index contributed by atoms with van der Waals surface area (Å²) in [5.74, 6) is 2.70. The maximum absolute atomic E-state index is 10.0. The van der Waals surface area contributed by atoms with E-state index >= 15 is 0 Å². The van der Waals surface area contributed by atoms with E-state index in [0.29, 0.717) is 18.2 Å². The zero-order chi connectivity index (χ0) is 19.4. The number of para-hydroxylation sites is 2. The number of nitrogens with one attached hydrogen (secondary N) is 1. The zero-order valence-corrected chi connectivity index (χ0v) is 16.6. The molecule has 0 unspecified atom stereocenters. The highest BCUT2D eigenvalue weighted by molar-refractivity contribution is 5.80. The van der Waals surface area contributed by atoms with Gasteiger partial charge in [0.05, 0.1) is 18.4 Å². The Morgan fingerprint density at radius 3 is 2.52 bits per heavy atom. The normalized spacial score (nSPS) is 15.9. The van der Waals surface area contributed by atoms with Gasteiger partial charge in [0.1, 0.15) is 11.5 Å². The summed E-state index contributed by atoms with van der Waals surface area (Å²) in [6.45, 7) is 10.1. The monoisotopic (exact) mass is 371 g/mol. The number of guanidine groups is 1. The van der Waals surface area contributed by atoms with E-state index in [9.17, 15) is 5.11 Å². The first kappa shape index (κ1) is 19.1. The predicted octanol–water partition coefficient (Wildman–Crippen LogP) is 2.58. The van der Waals surface area contributed by atoms with E-state index < -0.39 is 0 Å². The fraction of sp³-hybridized carbons (Fsp3) is 0.500. The number of anilines is 1. The highest BCUT2D eigenvalue weighted by Gasteiger charge is 2.22. The highest BCUT2D eigenvalue weighted by Crippen LogP contribution is 2.27. The van der Waals surface area contributed by atoms with Gasteiger partial charge in [-0.25, -0.2) is 4.98 Å². The number of rotatable bonds is 3. The molecule has 0 atom stereocenters. The predicted molar refractivity (Wildman–Crippen MR) is 107 cm³/mol. The summed E-state index contributed by atoms with van der Waals surface area (Å²) in [5, 5.41) is 13.4. The van der Waals surface area contributed by atoms with Crippen molar-refractivity contribution < 1.29 is 9.52 Å².